The molecule has 0 spiro atoms. The average Bonchev–Trinajstić information content (AvgIpc) is 3.34. The smallest absolute Gasteiger partial charge is 0.316 e. The van der Waals surface area contributed by atoms with Gasteiger partial charge in [0, 0.05) is 25.8 Å². The van der Waals surface area contributed by atoms with Crippen molar-refractivity contribution in [2.45, 2.75) is 18.9 Å². The number of amides is 2. The van der Waals surface area contributed by atoms with Gasteiger partial charge in [0.1, 0.15) is 5.75 Å². The third-order valence-electron chi connectivity index (χ3n) is 4.44. The number of nitrogens with zero attached hydrogens (tertiary/aromatic N) is 3. The van der Waals surface area contributed by atoms with Crippen LogP contribution in [-0.4, -0.2) is 54.9 Å². The molecule has 136 valence electrons. The Kier molecular flexibility index (Phi) is 4.29. The highest BCUT2D eigenvalue weighted by Crippen LogP contribution is 2.34. The maximum absolute atomic E-state index is 12.1. The number of anilines is 1. The van der Waals surface area contributed by atoms with Crippen LogP contribution in [0.3, 0.4) is 0 Å². The SMILES string of the molecule is CN1C(=O)COc2cc(-c3noc(C(=O)NCC4CCCO4)n3)ccc21. The summed E-state index contributed by atoms with van der Waals surface area (Å²) in [5, 5.41) is 6.59. The molecule has 1 unspecified atom stereocenters. The van der Waals surface area contributed by atoms with Crippen LogP contribution in [-0.2, 0) is 9.53 Å². The van der Waals surface area contributed by atoms with Crippen LogP contribution in [0.2, 0.25) is 0 Å². The fraction of sp³-hybridized carbons (Fsp3) is 0.412. The number of carbonyl (C=O) groups excluding carboxylic acids is 2. The summed E-state index contributed by atoms with van der Waals surface area (Å²) in [5.41, 5.74) is 1.30. The number of nitrogens with one attached hydrogen (secondary N) is 1. The lowest BCUT2D eigenvalue weighted by Crippen LogP contribution is -2.35. The van der Waals surface area contributed by atoms with Gasteiger partial charge in [-0.25, -0.2) is 0 Å². The van der Waals surface area contributed by atoms with Gasteiger partial charge in [-0.2, -0.15) is 4.98 Å². The van der Waals surface area contributed by atoms with E-state index in [1.54, 1.807) is 25.2 Å². The van der Waals surface area contributed by atoms with E-state index in [4.69, 9.17) is 14.0 Å². The number of likely N-dealkylation sites (N-methyl/N-ethyl adjacent to an activating group) is 1. The van der Waals surface area contributed by atoms with E-state index in [2.05, 4.69) is 15.5 Å². The number of rotatable bonds is 4. The molecule has 1 atom stereocenters. The molecule has 9 nitrogen and oxygen atoms in total. The molecule has 1 aromatic heterocycles. The van der Waals surface area contributed by atoms with E-state index in [0.717, 1.165) is 19.4 Å². The number of aromatic nitrogens is 2. The zero-order valence-corrected chi connectivity index (χ0v) is 14.2. The van der Waals surface area contributed by atoms with Crippen molar-refractivity contribution in [1.82, 2.24) is 15.5 Å². The number of fused-ring (bicyclic) bond motifs is 1. The molecule has 1 fully saturated rings. The van der Waals surface area contributed by atoms with E-state index in [1.165, 1.54) is 4.90 Å². The molecule has 4 rings (SSSR count). The van der Waals surface area contributed by atoms with Gasteiger partial charge >= 0.3 is 11.8 Å². The molecule has 1 N–H and O–H groups in total. The van der Waals surface area contributed by atoms with Gasteiger partial charge in [0.25, 0.3) is 5.91 Å². The summed E-state index contributed by atoms with van der Waals surface area (Å²) >= 11 is 0. The molecule has 0 aliphatic carbocycles. The molecule has 2 amide bonds. The van der Waals surface area contributed by atoms with Gasteiger partial charge in [0.15, 0.2) is 6.61 Å². The molecule has 2 aromatic rings. The lowest BCUT2D eigenvalue weighted by Gasteiger charge is -2.25. The molecule has 2 aliphatic heterocycles. The van der Waals surface area contributed by atoms with Crippen molar-refractivity contribution in [3.63, 3.8) is 0 Å². The Hall–Kier alpha value is -2.94. The van der Waals surface area contributed by atoms with E-state index in [-0.39, 0.29) is 30.3 Å². The van der Waals surface area contributed by atoms with Crippen LogP contribution in [0.25, 0.3) is 11.4 Å². The first kappa shape index (κ1) is 16.5. The topological polar surface area (TPSA) is 107 Å². The Morgan fingerprint density at radius 1 is 1.42 bits per heavy atom. The van der Waals surface area contributed by atoms with Crippen LogP contribution in [0.5, 0.6) is 5.75 Å². The van der Waals surface area contributed by atoms with Crippen LogP contribution in [0, 0.1) is 0 Å². The summed E-state index contributed by atoms with van der Waals surface area (Å²) in [6.45, 7) is 1.13. The minimum atomic E-state index is -0.432. The van der Waals surface area contributed by atoms with Crippen molar-refractivity contribution in [2.24, 2.45) is 0 Å². The van der Waals surface area contributed by atoms with Gasteiger partial charge in [-0.05, 0) is 31.0 Å². The molecule has 26 heavy (non-hydrogen) atoms. The highest BCUT2D eigenvalue weighted by Gasteiger charge is 2.24. The zero-order valence-electron chi connectivity index (χ0n) is 14.2. The Bertz CT molecular complexity index is 843. The summed E-state index contributed by atoms with van der Waals surface area (Å²) in [6, 6.07) is 5.21. The van der Waals surface area contributed by atoms with Crippen LogP contribution in [0.15, 0.2) is 22.7 Å². The maximum Gasteiger partial charge on any atom is 0.316 e. The molecule has 9 heteroatoms. The normalized spacial score (nSPS) is 19.2. The molecule has 0 bridgehead atoms. The lowest BCUT2D eigenvalue weighted by atomic mass is 10.1. The van der Waals surface area contributed by atoms with Crippen molar-refractivity contribution in [3.8, 4) is 17.1 Å². The highest BCUT2D eigenvalue weighted by molar-refractivity contribution is 5.97. The van der Waals surface area contributed by atoms with Crippen LogP contribution < -0.4 is 15.0 Å². The predicted octanol–water partition coefficient (Wildman–Crippen LogP) is 1.00. The largest absolute Gasteiger partial charge is 0.482 e. The summed E-state index contributed by atoms with van der Waals surface area (Å²) in [7, 11) is 1.69. The van der Waals surface area contributed by atoms with Gasteiger partial charge in [0.2, 0.25) is 5.82 Å². The first-order chi connectivity index (χ1) is 12.6. The zero-order chi connectivity index (χ0) is 18.1. The second-order valence-electron chi connectivity index (χ2n) is 6.19. The standard InChI is InChI=1S/C17H18N4O5/c1-21-12-5-4-10(7-13(12)25-9-14(21)22)15-19-17(26-20-15)16(23)18-8-11-3-2-6-24-11/h4-5,7,11H,2-3,6,8-9H2,1H3,(H,18,23). The predicted molar refractivity (Wildman–Crippen MR) is 89.9 cm³/mol. The van der Waals surface area contributed by atoms with Gasteiger partial charge < -0.3 is 24.2 Å². The number of hydrogen-bond acceptors (Lipinski definition) is 7. The van der Waals surface area contributed by atoms with Crippen molar-refractivity contribution >= 4 is 17.5 Å². The average molecular weight is 358 g/mol. The minimum absolute atomic E-state index is 0.0178. The van der Waals surface area contributed by atoms with Gasteiger partial charge in [-0.3, -0.25) is 9.59 Å². The minimum Gasteiger partial charge on any atom is -0.482 e. The fourth-order valence-electron chi connectivity index (χ4n) is 2.94. The Morgan fingerprint density at radius 2 is 2.31 bits per heavy atom. The van der Waals surface area contributed by atoms with E-state index in [9.17, 15) is 9.59 Å². The number of benzene rings is 1. The van der Waals surface area contributed by atoms with Crippen LogP contribution >= 0.6 is 0 Å². The van der Waals surface area contributed by atoms with Crippen molar-refractivity contribution in [1.29, 1.82) is 0 Å². The summed E-state index contributed by atoms with van der Waals surface area (Å²) in [5.74, 6) is 0.176. The molecule has 0 radical (unpaired) electrons. The maximum atomic E-state index is 12.1. The summed E-state index contributed by atoms with van der Waals surface area (Å²) in [6.07, 6.45) is 1.98. The molecular weight excluding hydrogens is 340 g/mol. The van der Waals surface area contributed by atoms with E-state index in [1.807, 2.05) is 0 Å². The second kappa shape index (κ2) is 6.75. The van der Waals surface area contributed by atoms with Gasteiger partial charge in [-0.1, -0.05) is 5.16 Å². The monoisotopic (exact) mass is 358 g/mol. The molecule has 2 aliphatic rings. The molecule has 1 aromatic carbocycles. The van der Waals surface area contributed by atoms with Crippen LogP contribution in [0.4, 0.5) is 5.69 Å². The Morgan fingerprint density at radius 3 is 3.12 bits per heavy atom. The number of carbonyl (C=O) groups is 2. The van der Waals surface area contributed by atoms with Gasteiger partial charge in [0.05, 0.1) is 11.8 Å². The number of ether oxygens (including phenoxy) is 2. The van der Waals surface area contributed by atoms with Crippen molar-refractivity contribution in [3.05, 3.63) is 24.1 Å². The Balaban J connectivity index is 1.47. The summed E-state index contributed by atoms with van der Waals surface area (Å²) < 4.78 is 16.0. The van der Waals surface area contributed by atoms with E-state index >= 15 is 0 Å². The second-order valence-corrected chi connectivity index (χ2v) is 6.19. The molecule has 1 saturated heterocycles. The van der Waals surface area contributed by atoms with E-state index in [0.29, 0.717) is 23.5 Å². The van der Waals surface area contributed by atoms with Gasteiger partial charge in [-0.15, -0.1) is 0 Å². The highest BCUT2D eigenvalue weighted by atomic mass is 16.5. The van der Waals surface area contributed by atoms with Crippen LogP contribution in [0.1, 0.15) is 23.5 Å². The van der Waals surface area contributed by atoms with Crippen molar-refractivity contribution in [2.75, 3.05) is 31.7 Å². The third-order valence-corrected chi connectivity index (χ3v) is 4.44. The number of hydrogen-bond donors (Lipinski definition) is 1. The van der Waals surface area contributed by atoms with E-state index < -0.39 is 5.91 Å². The van der Waals surface area contributed by atoms with Crippen molar-refractivity contribution < 1.29 is 23.6 Å². The lowest BCUT2D eigenvalue weighted by molar-refractivity contribution is -0.120. The molecule has 3 heterocycles. The fourth-order valence-corrected chi connectivity index (χ4v) is 2.94. The first-order valence-corrected chi connectivity index (χ1v) is 8.39. The molecule has 0 saturated carbocycles. The quantitative estimate of drug-likeness (QED) is 0.869. The Labute approximate surface area is 149 Å². The first-order valence-electron chi connectivity index (χ1n) is 8.39. The summed E-state index contributed by atoms with van der Waals surface area (Å²) in [4.78, 5) is 29.5. The molecular formula is C17H18N4O5. The third kappa shape index (κ3) is 3.13.